The van der Waals surface area contributed by atoms with Crippen LogP contribution >= 0.6 is 15.9 Å². The van der Waals surface area contributed by atoms with E-state index in [9.17, 15) is 9.59 Å². The lowest BCUT2D eigenvalue weighted by atomic mass is 9.79. The monoisotopic (exact) mass is 264 g/mol. The molecule has 0 aliphatic carbocycles. The minimum Gasteiger partial charge on any atom is -0.481 e. The van der Waals surface area contributed by atoms with Crippen molar-refractivity contribution in [1.82, 2.24) is 0 Å². The maximum atomic E-state index is 11.0. The van der Waals surface area contributed by atoms with Crippen molar-refractivity contribution in [3.8, 4) is 0 Å². The van der Waals surface area contributed by atoms with Gasteiger partial charge >= 0.3 is 11.9 Å². The number of carbonyl (C=O) groups is 2. The maximum Gasteiger partial charge on any atom is 0.324 e. The molecule has 2 saturated heterocycles. The molecule has 2 aliphatic rings. The Morgan fingerprint density at radius 2 is 2.00 bits per heavy atom. The van der Waals surface area contributed by atoms with E-state index in [2.05, 4.69) is 15.9 Å². The van der Waals surface area contributed by atoms with Gasteiger partial charge in [0.05, 0.1) is 12.2 Å². The molecule has 0 aromatic rings. The van der Waals surface area contributed by atoms with Crippen molar-refractivity contribution in [3.63, 3.8) is 0 Å². The first-order chi connectivity index (χ1) is 6.48. The van der Waals surface area contributed by atoms with Crippen LogP contribution in [0.4, 0.5) is 0 Å². The molecule has 5 nitrogen and oxygen atoms in total. The van der Waals surface area contributed by atoms with Crippen LogP contribution in [0.5, 0.6) is 0 Å². The Bertz CT molecular complexity index is 304. The van der Waals surface area contributed by atoms with Gasteiger partial charge in [-0.15, -0.1) is 0 Å². The van der Waals surface area contributed by atoms with Crippen molar-refractivity contribution in [3.05, 3.63) is 0 Å². The second kappa shape index (κ2) is 2.93. The molecule has 2 fully saturated rings. The molecule has 2 bridgehead atoms. The van der Waals surface area contributed by atoms with Crippen LogP contribution < -0.4 is 0 Å². The fourth-order valence-corrected chi connectivity index (χ4v) is 3.12. The fraction of sp³-hybridized carbons (Fsp3) is 0.750. The number of halogens is 1. The molecular formula is C8H9BrO5. The van der Waals surface area contributed by atoms with E-state index in [4.69, 9.17) is 14.9 Å². The SMILES string of the molecule is O=C(O)[C@H]1[C@@H]2CC[C@@H](O2)[C@@]1(Br)C(=O)O. The predicted molar refractivity (Wildman–Crippen MR) is 48.3 cm³/mol. The lowest BCUT2D eigenvalue weighted by molar-refractivity contribution is -0.151. The highest BCUT2D eigenvalue weighted by molar-refractivity contribution is 9.10. The van der Waals surface area contributed by atoms with Gasteiger partial charge in [-0.05, 0) is 12.8 Å². The smallest absolute Gasteiger partial charge is 0.324 e. The van der Waals surface area contributed by atoms with Gasteiger partial charge in [-0.1, -0.05) is 15.9 Å². The van der Waals surface area contributed by atoms with Crippen LogP contribution in [0, 0.1) is 5.92 Å². The Kier molecular flexibility index (Phi) is 2.08. The number of fused-ring (bicyclic) bond motifs is 2. The first-order valence-corrected chi connectivity index (χ1v) is 5.07. The Balaban J connectivity index is 2.39. The van der Waals surface area contributed by atoms with Crippen LogP contribution in [0.2, 0.25) is 0 Å². The third-order valence-electron chi connectivity index (χ3n) is 2.94. The van der Waals surface area contributed by atoms with Gasteiger partial charge in [-0.25, -0.2) is 0 Å². The van der Waals surface area contributed by atoms with Gasteiger partial charge in [0.25, 0.3) is 0 Å². The summed E-state index contributed by atoms with van der Waals surface area (Å²) in [5.74, 6) is -3.26. The van der Waals surface area contributed by atoms with E-state index in [0.717, 1.165) is 0 Å². The minimum absolute atomic E-state index is 0.465. The molecule has 0 unspecified atom stereocenters. The zero-order valence-electron chi connectivity index (χ0n) is 7.14. The molecule has 0 aromatic carbocycles. The fourth-order valence-electron chi connectivity index (χ4n) is 2.30. The summed E-state index contributed by atoms with van der Waals surface area (Å²) in [5.41, 5.74) is 0. The third-order valence-corrected chi connectivity index (χ3v) is 4.28. The number of alkyl halides is 1. The average molecular weight is 265 g/mol. The number of rotatable bonds is 2. The summed E-state index contributed by atoms with van der Waals surface area (Å²) >= 11 is 3.03. The second-order valence-electron chi connectivity index (χ2n) is 3.63. The molecule has 2 aliphatic heterocycles. The zero-order valence-corrected chi connectivity index (χ0v) is 8.73. The minimum atomic E-state index is -1.44. The van der Waals surface area contributed by atoms with E-state index in [1.165, 1.54) is 0 Å². The molecule has 0 radical (unpaired) electrons. The summed E-state index contributed by atoms with van der Waals surface area (Å²) in [6, 6.07) is 0. The van der Waals surface area contributed by atoms with Crippen molar-refractivity contribution < 1.29 is 24.5 Å². The Morgan fingerprint density at radius 1 is 1.36 bits per heavy atom. The highest BCUT2D eigenvalue weighted by Crippen LogP contribution is 2.51. The maximum absolute atomic E-state index is 11.0. The number of carboxylic acids is 2. The molecule has 2 heterocycles. The summed E-state index contributed by atoms with van der Waals surface area (Å²) in [6.45, 7) is 0. The molecule has 0 spiro atoms. The average Bonchev–Trinajstić information content (AvgIpc) is 2.61. The molecule has 0 saturated carbocycles. The largest absolute Gasteiger partial charge is 0.481 e. The Hall–Kier alpha value is -0.620. The standard InChI is InChI=1S/C8H9BrO5/c9-8(7(12)13)4-2-1-3(14-4)5(8)6(10)11/h3-5H,1-2H2,(H,10,11)(H,12,13)/t3-,4+,5+,8-/m0/s1. The van der Waals surface area contributed by atoms with Crippen molar-refractivity contribution in [2.75, 3.05) is 0 Å². The van der Waals surface area contributed by atoms with Crippen molar-refractivity contribution in [2.24, 2.45) is 5.92 Å². The van der Waals surface area contributed by atoms with Gasteiger partial charge in [-0.2, -0.15) is 0 Å². The van der Waals surface area contributed by atoms with Gasteiger partial charge in [0.2, 0.25) is 0 Å². The summed E-state index contributed by atoms with van der Waals surface area (Å²) < 4.78 is 3.87. The van der Waals surface area contributed by atoms with Crippen LogP contribution in [-0.4, -0.2) is 38.7 Å². The van der Waals surface area contributed by atoms with E-state index in [1.807, 2.05) is 0 Å². The van der Waals surface area contributed by atoms with Gasteiger partial charge in [0.15, 0.2) is 4.32 Å². The summed E-state index contributed by atoms with van der Waals surface area (Å²) in [4.78, 5) is 22.0. The van der Waals surface area contributed by atoms with Gasteiger partial charge in [0, 0.05) is 0 Å². The van der Waals surface area contributed by atoms with E-state index < -0.39 is 34.4 Å². The molecule has 4 atom stereocenters. The van der Waals surface area contributed by atoms with Crippen LogP contribution in [-0.2, 0) is 14.3 Å². The molecule has 6 heteroatoms. The molecule has 0 amide bonds. The van der Waals surface area contributed by atoms with Crippen molar-refractivity contribution >= 4 is 27.9 Å². The number of hydrogen-bond acceptors (Lipinski definition) is 3. The molecule has 0 aromatic heterocycles. The summed E-state index contributed by atoms with van der Waals surface area (Å²) in [6.07, 6.45) is 0.243. The number of ether oxygens (including phenoxy) is 1. The van der Waals surface area contributed by atoms with Crippen molar-refractivity contribution in [1.29, 1.82) is 0 Å². The molecular weight excluding hydrogens is 256 g/mol. The number of hydrogen-bond donors (Lipinski definition) is 2. The van der Waals surface area contributed by atoms with E-state index in [0.29, 0.717) is 12.8 Å². The van der Waals surface area contributed by atoms with Crippen molar-refractivity contribution in [2.45, 2.75) is 29.4 Å². The lowest BCUT2D eigenvalue weighted by Crippen LogP contribution is -2.51. The number of aliphatic carboxylic acids is 2. The first-order valence-electron chi connectivity index (χ1n) is 4.28. The third kappa shape index (κ3) is 1.04. The second-order valence-corrected chi connectivity index (χ2v) is 4.94. The summed E-state index contributed by atoms with van der Waals surface area (Å²) in [7, 11) is 0. The van der Waals surface area contributed by atoms with Crippen LogP contribution in [0.15, 0.2) is 0 Å². The molecule has 2 rings (SSSR count). The van der Waals surface area contributed by atoms with Gasteiger partial charge in [0.1, 0.15) is 5.92 Å². The first kappa shape index (κ1) is 9.92. The predicted octanol–water partition coefficient (Wildman–Crippen LogP) is 0.467. The lowest BCUT2D eigenvalue weighted by Gasteiger charge is -2.29. The molecule has 14 heavy (non-hydrogen) atoms. The van der Waals surface area contributed by atoms with E-state index >= 15 is 0 Å². The van der Waals surface area contributed by atoms with Crippen LogP contribution in [0.1, 0.15) is 12.8 Å². The quantitative estimate of drug-likeness (QED) is 0.709. The van der Waals surface area contributed by atoms with E-state index in [-0.39, 0.29) is 0 Å². The highest BCUT2D eigenvalue weighted by atomic mass is 79.9. The van der Waals surface area contributed by atoms with Gasteiger partial charge in [-0.3, -0.25) is 9.59 Å². The van der Waals surface area contributed by atoms with Crippen LogP contribution in [0.3, 0.4) is 0 Å². The van der Waals surface area contributed by atoms with Gasteiger partial charge < -0.3 is 14.9 Å². The molecule has 2 N–H and O–H groups in total. The highest BCUT2D eigenvalue weighted by Gasteiger charge is 2.66. The Labute approximate surface area is 88.2 Å². The van der Waals surface area contributed by atoms with Crippen LogP contribution in [0.25, 0.3) is 0 Å². The zero-order chi connectivity index (χ0) is 10.5. The number of carboxylic acid groups (broad SMARTS) is 2. The van der Waals surface area contributed by atoms with E-state index in [1.54, 1.807) is 0 Å². The Morgan fingerprint density at radius 3 is 2.43 bits per heavy atom. The summed E-state index contributed by atoms with van der Waals surface area (Å²) in [5, 5.41) is 18.0. The topological polar surface area (TPSA) is 83.8 Å². The normalized spacial score (nSPS) is 45.4. The molecule has 78 valence electrons.